The molecule has 1 atom stereocenters. The summed E-state index contributed by atoms with van der Waals surface area (Å²) in [5, 5.41) is 0. The van der Waals surface area contributed by atoms with Crippen LogP contribution in [0.3, 0.4) is 0 Å². The molecule has 0 fully saturated rings. The minimum atomic E-state index is -0.682. The van der Waals surface area contributed by atoms with Crippen LogP contribution in [0.4, 0.5) is 8.78 Å². The molecule has 0 saturated carbocycles. The van der Waals surface area contributed by atoms with Crippen LogP contribution in [0.15, 0.2) is 40.9 Å². The third-order valence-electron chi connectivity index (χ3n) is 2.55. The van der Waals surface area contributed by atoms with Crippen molar-refractivity contribution in [2.24, 2.45) is 5.73 Å². The van der Waals surface area contributed by atoms with Crippen molar-refractivity contribution in [1.82, 2.24) is 0 Å². The summed E-state index contributed by atoms with van der Waals surface area (Å²) in [6, 6.07) is 8.25. The van der Waals surface area contributed by atoms with Crippen LogP contribution in [0.1, 0.15) is 18.5 Å². The number of benzene rings is 2. The molecule has 0 spiro atoms. The Morgan fingerprint density at radius 2 is 1.74 bits per heavy atom. The Bertz CT molecular complexity index is 582. The van der Waals surface area contributed by atoms with Crippen molar-refractivity contribution in [2.45, 2.75) is 13.0 Å². The summed E-state index contributed by atoms with van der Waals surface area (Å²) in [5.41, 5.74) is 6.70. The van der Waals surface area contributed by atoms with Crippen molar-refractivity contribution in [1.29, 1.82) is 0 Å². The summed E-state index contributed by atoms with van der Waals surface area (Å²) in [6.07, 6.45) is 0. The SMILES string of the molecule is C[C@H](N)c1ccc(Oc2cc(F)cc(F)c2)c(Br)c1. The first-order valence-corrected chi connectivity index (χ1v) is 6.44. The highest BCUT2D eigenvalue weighted by Gasteiger charge is 2.08. The molecule has 0 unspecified atom stereocenters. The molecule has 0 aliphatic rings. The predicted molar refractivity (Wildman–Crippen MR) is 73.2 cm³/mol. The van der Waals surface area contributed by atoms with Crippen LogP contribution < -0.4 is 10.5 Å². The second-order valence-electron chi connectivity index (χ2n) is 4.19. The van der Waals surface area contributed by atoms with E-state index in [2.05, 4.69) is 15.9 Å². The van der Waals surface area contributed by atoms with Crippen LogP contribution in [0.5, 0.6) is 11.5 Å². The zero-order chi connectivity index (χ0) is 14.0. The van der Waals surface area contributed by atoms with Crippen molar-refractivity contribution in [3.63, 3.8) is 0 Å². The predicted octanol–water partition coefficient (Wildman–Crippen LogP) is 4.54. The summed E-state index contributed by atoms with van der Waals surface area (Å²) < 4.78 is 32.2. The second kappa shape index (κ2) is 5.67. The standard InChI is InChI=1S/C14H12BrF2NO/c1-8(18)9-2-3-14(13(15)4-9)19-12-6-10(16)5-11(17)7-12/h2-8H,18H2,1H3/t8-/m0/s1. The molecule has 0 bridgehead atoms. The lowest BCUT2D eigenvalue weighted by Gasteiger charge is -2.11. The van der Waals surface area contributed by atoms with Crippen molar-refractivity contribution in [3.8, 4) is 11.5 Å². The van der Waals surface area contributed by atoms with Gasteiger partial charge in [0.2, 0.25) is 0 Å². The highest BCUT2D eigenvalue weighted by atomic mass is 79.9. The minimum Gasteiger partial charge on any atom is -0.456 e. The summed E-state index contributed by atoms with van der Waals surface area (Å²) in [7, 11) is 0. The van der Waals surface area contributed by atoms with Gasteiger partial charge in [-0.25, -0.2) is 8.78 Å². The van der Waals surface area contributed by atoms with Crippen molar-refractivity contribution < 1.29 is 13.5 Å². The molecule has 2 aromatic carbocycles. The molecular weight excluding hydrogens is 316 g/mol. The first-order valence-electron chi connectivity index (χ1n) is 5.64. The molecule has 0 saturated heterocycles. The molecule has 0 amide bonds. The summed E-state index contributed by atoms with van der Waals surface area (Å²) in [5.74, 6) is -0.794. The third-order valence-corrected chi connectivity index (χ3v) is 3.17. The first kappa shape index (κ1) is 14.0. The van der Waals surface area contributed by atoms with E-state index in [1.807, 2.05) is 13.0 Å². The number of halogens is 3. The maximum absolute atomic E-state index is 13.1. The highest BCUT2D eigenvalue weighted by molar-refractivity contribution is 9.10. The van der Waals surface area contributed by atoms with Gasteiger partial charge < -0.3 is 10.5 Å². The van der Waals surface area contributed by atoms with Gasteiger partial charge in [0.15, 0.2) is 0 Å². The van der Waals surface area contributed by atoms with E-state index in [1.165, 1.54) is 0 Å². The van der Waals surface area contributed by atoms with E-state index >= 15 is 0 Å². The lowest BCUT2D eigenvalue weighted by atomic mass is 10.1. The molecule has 0 aromatic heterocycles. The van der Waals surface area contributed by atoms with Crippen molar-refractivity contribution in [2.75, 3.05) is 0 Å². The lowest BCUT2D eigenvalue weighted by Crippen LogP contribution is -2.04. The van der Waals surface area contributed by atoms with E-state index in [-0.39, 0.29) is 11.8 Å². The zero-order valence-corrected chi connectivity index (χ0v) is 11.7. The number of hydrogen-bond donors (Lipinski definition) is 1. The van der Waals surface area contributed by atoms with Gasteiger partial charge in [0, 0.05) is 24.2 Å². The Labute approximate surface area is 118 Å². The van der Waals surface area contributed by atoms with E-state index in [1.54, 1.807) is 12.1 Å². The van der Waals surface area contributed by atoms with Gasteiger partial charge in [0.1, 0.15) is 23.1 Å². The van der Waals surface area contributed by atoms with Gasteiger partial charge in [0.25, 0.3) is 0 Å². The summed E-state index contributed by atoms with van der Waals surface area (Å²) in [4.78, 5) is 0. The molecule has 19 heavy (non-hydrogen) atoms. The van der Waals surface area contributed by atoms with E-state index in [0.29, 0.717) is 10.2 Å². The van der Waals surface area contributed by atoms with Crippen LogP contribution in [-0.2, 0) is 0 Å². The Balaban J connectivity index is 2.28. The van der Waals surface area contributed by atoms with Crippen LogP contribution >= 0.6 is 15.9 Å². The molecule has 100 valence electrons. The zero-order valence-electron chi connectivity index (χ0n) is 10.2. The maximum atomic E-state index is 13.1. The average molecular weight is 328 g/mol. The normalized spacial score (nSPS) is 12.3. The highest BCUT2D eigenvalue weighted by Crippen LogP contribution is 2.32. The van der Waals surface area contributed by atoms with Crippen LogP contribution in [0.2, 0.25) is 0 Å². The average Bonchev–Trinajstić information content (AvgIpc) is 2.30. The molecule has 2 rings (SSSR count). The van der Waals surface area contributed by atoms with E-state index in [4.69, 9.17) is 10.5 Å². The van der Waals surface area contributed by atoms with Gasteiger partial charge in [-0.3, -0.25) is 0 Å². The van der Waals surface area contributed by atoms with Gasteiger partial charge in [0.05, 0.1) is 4.47 Å². The Morgan fingerprint density at radius 1 is 1.11 bits per heavy atom. The summed E-state index contributed by atoms with van der Waals surface area (Å²) >= 11 is 3.34. The van der Waals surface area contributed by atoms with Gasteiger partial charge in [-0.05, 0) is 40.5 Å². The smallest absolute Gasteiger partial charge is 0.141 e. The maximum Gasteiger partial charge on any atom is 0.141 e. The van der Waals surface area contributed by atoms with Crippen LogP contribution in [0.25, 0.3) is 0 Å². The molecule has 2 nitrogen and oxygen atoms in total. The molecule has 2 aromatic rings. The topological polar surface area (TPSA) is 35.2 Å². The number of hydrogen-bond acceptors (Lipinski definition) is 2. The minimum absolute atomic E-state index is 0.100. The second-order valence-corrected chi connectivity index (χ2v) is 5.04. The first-order chi connectivity index (χ1) is 8.95. The van der Waals surface area contributed by atoms with Crippen LogP contribution in [-0.4, -0.2) is 0 Å². The Kier molecular flexibility index (Phi) is 4.17. The molecule has 2 N–H and O–H groups in total. The van der Waals surface area contributed by atoms with E-state index in [9.17, 15) is 8.78 Å². The third kappa shape index (κ3) is 3.52. The molecule has 0 aliphatic carbocycles. The van der Waals surface area contributed by atoms with Gasteiger partial charge in [-0.2, -0.15) is 0 Å². The number of ether oxygens (including phenoxy) is 1. The van der Waals surface area contributed by atoms with Crippen LogP contribution in [0, 0.1) is 11.6 Å². The monoisotopic (exact) mass is 327 g/mol. The van der Waals surface area contributed by atoms with E-state index < -0.39 is 11.6 Å². The van der Waals surface area contributed by atoms with Crippen molar-refractivity contribution >= 4 is 15.9 Å². The molecule has 0 heterocycles. The molecule has 0 radical (unpaired) electrons. The number of nitrogens with two attached hydrogens (primary N) is 1. The fourth-order valence-corrected chi connectivity index (χ4v) is 2.07. The quantitative estimate of drug-likeness (QED) is 0.898. The molecule has 0 aliphatic heterocycles. The largest absolute Gasteiger partial charge is 0.456 e. The molecule has 5 heteroatoms. The van der Waals surface area contributed by atoms with E-state index in [0.717, 1.165) is 23.8 Å². The lowest BCUT2D eigenvalue weighted by molar-refractivity contribution is 0.465. The Morgan fingerprint density at radius 3 is 2.26 bits per heavy atom. The Hall–Kier alpha value is -1.46. The van der Waals surface area contributed by atoms with Gasteiger partial charge in [-0.1, -0.05) is 6.07 Å². The molecular formula is C14H12BrF2NO. The summed E-state index contributed by atoms with van der Waals surface area (Å²) in [6.45, 7) is 1.87. The fraction of sp³-hybridized carbons (Fsp3) is 0.143. The fourth-order valence-electron chi connectivity index (χ4n) is 1.60. The van der Waals surface area contributed by atoms with Crippen molar-refractivity contribution in [3.05, 3.63) is 58.1 Å². The number of rotatable bonds is 3. The van der Waals surface area contributed by atoms with Gasteiger partial charge in [-0.15, -0.1) is 0 Å². The van der Waals surface area contributed by atoms with Gasteiger partial charge >= 0.3 is 0 Å².